The van der Waals surface area contributed by atoms with E-state index in [-0.39, 0.29) is 17.7 Å². The summed E-state index contributed by atoms with van der Waals surface area (Å²) in [6.07, 6.45) is 9.95. The van der Waals surface area contributed by atoms with Gasteiger partial charge in [-0.3, -0.25) is 4.79 Å². The van der Waals surface area contributed by atoms with Crippen LogP contribution in [0.25, 0.3) is 0 Å². The largest absolute Gasteiger partial charge is 0.462 e. The first-order valence-corrected chi connectivity index (χ1v) is 11.2. The van der Waals surface area contributed by atoms with Gasteiger partial charge in [0.25, 0.3) is 0 Å². The lowest BCUT2D eigenvalue weighted by molar-refractivity contribution is -0.161. The average Bonchev–Trinajstić information content (AvgIpc) is 2.53. The molecule has 0 amide bonds. The Labute approximate surface area is 168 Å². The van der Waals surface area contributed by atoms with Crippen molar-refractivity contribution in [1.82, 2.24) is 0 Å². The van der Waals surface area contributed by atoms with Crippen LogP contribution in [0.2, 0.25) is 0 Å². The summed E-state index contributed by atoms with van der Waals surface area (Å²) in [7, 11) is 0. The molecule has 3 heteroatoms. The summed E-state index contributed by atoms with van der Waals surface area (Å²) in [5.74, 6) is 1.48. The molecule has 2 rings (SSSR count). The second-order valence-corrected chi connectivity index (χ2v) is 11.7. The number of hydrogen-bond acceptors (Lipinski definition) is 3. The van der Waals surface area contributed by atoms with E-state index in [4.69, 9.17) is 9.47 Å². The third-order valence-electron chi connectivity index (χ3n) is 6.86. The van der Waals surface area contributed by atoms with Gasteiger partial charge in [0.05, 0.1) is 17.1 Å². The van der Waals surface area contributed by atoms with Crippen LogP contribution in [0.15, 0.2) is 0 Å². The SMILES string of the molecule is CC(C)(C)OC1CCC(C(C)(C)C2CCC(OC(=O)C(C)(C)C)CC2)CC1. The summed E-state index contributed by atoms with van der Waals surface area (Å²) in [5.41, 5.74) is -0.0640. The van der Waals surface area contributed by atoms with Crippen LogP contribution in [0, 0.1) is 22.7 Å². The Morgan fingerprint density at radius 1 is 0.667 bits per heavy atom. The van der Waals surface area contributed by atoms with Gasteiger partial charge in [0, 0.05) is 0 Å². The zero-order valence-corrected chi connectivity index (χ0v) is 19.2. The second kappa shape index (κ2) is 8.43. The Kier molecular flexibility index (Phi) is 7.09. The number of esters is 1. The fraction of sp³-hybridized carbons (Fsp3) is 0.958. The minimum Gasteiger partial charge on any atom is -0.462 e. The van der Waals surface area contributed by atoms with Crippen LogP contribution in [-0.2, 0) is 14.3 Å². The Morgan fingerprint density at radius 3 is 1.44 bits per heavy atom. The van der Waals surface area contributed by atoms with E-state index in [0.717, 1.165) is 24.7 Å². The normalized spacial score (nSPS) is 30.8. The first-order chi connectivity index (χ1) is 12.3. The highest BCUT2D eigenvalue weighted by atomic mass is 16.5. The Balaban J connectivity index is 1.82. The summed E-state index contributed by atoms with van der Waals surface area (Å²) in [5, 5.41) is 0. The minimum absolute atomic E-state index is 0.0319. The molecule has 0 atom stereocenters. The molecule has 2 fully saturated rings. The summed E-state index contributed by atoms with van der Waals surface area (Å²) in [6.45, 7) is 17.2. The summed E-state index contributed by atoms with van der Waals surface area (Å²) in [4.78, 5) is 12.2. The van der Waals surface area contributed by atoms with Gasteiger partial charge >= 0.3 is 5.97 Å². The predicted octanol–water partition coefficient (Wildman–Crippen LogP) is 6.53. The third kappa shape index (κ3) is 6.48. The predicted molar refractivity (Wildman–Crippen MR) is 112 cm³/mol. The highest BCUT2D eigenvalue weighted by Gasteiger charge is 2.41. The molecular formula is C24H44O3. The maximum atomic E-state index is 12.2. The second-order valence-electron chi connectivity index (χ2n) is 11.7. The number of hydrogen-bond donors (Lipinski definition) is 0. The Hall–Kier alpha value is -0.570. The fourth-order valence-corrected chi connectivity index (χ4v) is 5.01. The smallest absolute Gasteiger partial charge is 0.311 e. The van der Waals surface area contributed by atoms with Gasteiger partial charge in [0.15, 0.2) is 0 Å². The Morgan fingerprint density at radius 2 is 1.07 bits per heavy atom. The van der Waals surface area contributed by atoms with Gasteiger partial charge in [0.1, 0.15) is 6.10 Å². The van der Waals surface area contributed by atoms with Crippen molar-refractivity contribution in [1.29, 1.82) is 0 Å². The van der Waals surface area contributed by atoms with E-state index in [2.05, 4.69) is 34.6 Å². The van der Waals surface area contributed by atoms with Crippen LogP contribution in [0.1, 0.15) is 107 Å². The van der Waals surface area contributed by atoms with E-state index in [1.807, 2.05) is 20.8 Å². The quantitative estimate of drug-likeness (QED) is 0.520. The summed E-state index contributed by atoms with van der Waals surface area (Å²) >= 11 is 0. The molecule has 0 saturated heterocycles. The molecule has 3 nitrogen and oxygen atoms in total. The molecule has 2 aliphatic rings. The van der Waals surface area contributed by atoms with Gasteiger partial charge in [-0.05, 0) is 110 Å². The molecule has 0 aromatic rings. The third-order valence-corrected chi connectivity index (χ3v) is 6.86. The van der Waals surface area contributed by atoms with E-state index in [9.17, 15) is 4.79 Å². The van der Waals surface area contributed by atoms with Crippen molar-refractivity contribution in [2.24, 2.45) is 22.7 Å². The topological polar surface area (TPSA) is 35.5 Å². The van der Waals surface area contributed by atoms with Crippen molar-refractivity contribution in [2.75, 3.05) is 0 Å². The van der Waals surface area contributed by atoms with Crippen molar-refractivity contribution in [3.63, 3.8) is 0 Å². The number of carbonyl (C=O) groups is 1. The number of carbonyl (C=O) groups excluding carboxylic acids is 1. The lowest BCUT2D eigenvalue weighted by atomic mass is 9.60. The monoisotopic (exact) mass is 380 g/mol. The molecule has 0 aromatic heterocycles. The molecule has 0 aromatic carbocycles. The molecule has 0 radical (unpaired) electrons. The standard InChI is InChI=1S/C24H44O3/c1-22(2,3)21(25)26-19-13-9-17(10-14-19)24(7,8)18-11-15-20(16-12-18)27-23(4,5)6/h17-20H,9-16H2,1-8H3. The molecular weight excluding hydrogens is 336 g/mol. The van der Waals surface area contributed by atoms with Crippen LogP contribution >= 0.6 is 0 Å². The lowest BCUT2D eigenvalue weighted by Gasteiger charge is -2.47. The molecule has 2 aliphatic carbocycles. The van der Waals surface area contributed by atoms with E-state index < -0.39 is 5.41 Å². The van der Waals surface area contributed by atoms with E-state index >= 15 is 0 Å². The molecule has 0 N–H and O–H groups in total. The maximum Gasteiger partial charge on any atom is 0.311 e. The minimum atomic E-state index is -0.399. The highest BCUT2D eigenvalue weighted by molar-refractivity contribution is 5.75. The molecule has 27 heavy (non-hydrogen) atoms. The van der Waals surface area contributed by atoms with Crippen molar-refractivity contribution in [2.45, 2.75) is 125 Å². The molecule has 158 valence electrons. The van der Waals surface area contributed by atoms with Gasteiger partial charge in [-0.25, -0.2) is 0 Å². The first-order valence-electron chi connectivity index (χ1n) is 11.2. The molecule has 2 saturated carbocycles. The van der Waals surface area contributed by atoms with Crippen molar-refractivity contribution in [3.05, 3.63) is 0 Å². The van der Waals surface area contributed by atoms with Gasteiger partial charge < -0.3 is 9.47 Å². The lowest BCUT2D eigenvalue weighted by Crippen LogP contribution is -2.40. The molecule has 0 aliphatic heterocycles. The van der Waals surface area contributed by atoms with Crippen LogP contribution in [0.5, 0.6) is 0 Å². The van der Waals surface area contributed by atoms with E-state index in [1.165, 1.54) is 38.5 Å². The van der Waals surface area contributed by atoms with Gasteiger partial charge in [0.2, 0.25) is 0 Å². The van der Waals surface area contributed by atoms with Crippen molar-refractivity contribution >= 4 is 5.97 Å². The molecule has 0 bridgehead atoms. The van der Waals surface area contributed by atoms with Crippen LogP contribution < -0.4 is 0 Å². The van der Waals surface area contributed by atoms with Gasteiger partial charge in [-0.15, -0.1) is 0 Å². The van der Waals surface area contributed by atoms with Crippen molar-refractivity contribution in [3.8, 4) is 0 Å². The van der Waals surface area contributed by atoms with Crippen LogP contribution in [-0.4, -0.2) is 23.8 Å². The van der Waals surface area contributed by atoms with Crippen LogP contribution in [0.4, 0.5) is 0 Å². The van der Waals surface area contributed by atoms with E-state index in [0.29, 0.717) is 11.5 Å². The highest BCUT2D eigenvalue weighted by Crippen LogP contribution is 2.49. The molecule has 0 unspecified atom stereocenters. The summed E-state index contributed by atoms with van der Waals surface area (Å²) in [6, 6.07) is 0. The van der Waals surface area contributed by atoms with Crippen LogP contribution in [0.3, 0.4) is 0 Å². The Bertz CT molecular complexity index is 479. The number of rotatable bonds is 4. The van der Waals surface area contributed by atoms with Crippen molar-refractivity contribution < 1.29 is 14.3 Å². The first kappa shape index (κ1) is 22.7. The zero-order valence-electron chi connectivity index (χ0n) is 19.2. The average molecular weight is 381 g/mol. The molecule has 0 heterocycles. The maximum absolute atomic E-state index is 12.2. The van der Waals surface area contributed by atoms with E-state index in [1.54, 1.807) is 0 Å². The number of ether oxygens (including phenoxy) is 2. The molecule has 0 spiro atoms. The summed E-state index contributed by atoms with van der Waals surface area (Å²) < 4.78 is 12.0. The van der Waals surface area contributed by atoms with Gasteiger partial charge in [-0.1, -0.05) is 13.8 Å². The zero-order chi connectivity index (χ0) is 20.5. The fourth-order valence-electron chi connectivity index (χ4n) is 5.01. The van der Waals surface area contributed by atoms with Gasteiger partial charge in [-0.2, -0.15) is 0 Å².